The quantitative estimate of drug-likeness (QED) is 0.325. The summed E-state index contributed by atoms with van der Waals surface area (Å²) in [5.74, 6) is -1.41. The van der Waals surface area contributed by atoms with E-state index >= 15 is 0 Å². The molecule has 2 heterocycles. The van der Waals surface area contributed by atoms with Crippen molar-refractivity contribution in [1.29, 1.82) is 0 Å². The Balaban J connectivity index is 1.50. The van der Waals surface area contributed by atoms with Crippen molar-refractivity contribution in [2.24, 2.45) is 11.8 Å². The summed E-state index contributed by atoms with van der Waals surface area (Å²) in [5, 5.41) is 13.3. The second-order valence-electron chi connectivity index (χ2n) is 10.5. The fraction of sp³-hybridized carbons (Fsp3) is 0.517. The summed E-state index contributed by atoms with van der Waals surface area (Å²) in [6, 6.07) is 9.79. The minimum Gasteiger partial charge on any atom is -0.396 e. The highest BCUT2D eigenvalue weighted by Gasteiger charge is 2.41. The van der Waals surface area contributed by atoms with Gasteiger partial charge in [-0.05, 0) is 87.8 Å². The molecule has 0 spiro atoms. The van der Waals surface area contributed by atoms with E-state index in [4.69, 9.17) is 0 Å². The number of aliphatic hydroxyl groups is 1. The molecule has 4 rings (SSSR count). The molecule has 0 radical (unpaired) electrons. The molecule has 1 aliphatic carbocycles. The Labute approximate surface area is 232 Å². The number of pyridine rings is 1. The van der Waals surface area contributed by atoms with Gasteiger partial charge in [0.25, 0.3) is 5.91 Å². The third-order valence-electron chi connectivity index (χ3n) is 7.95. The van der Waals surface area contributed by atoms with Crippen LogP contribution in [-0.4, -0.2) is 47.5 Å². The SMILES string of the molecule is CCn1c(C[C@H]2CC[C@@H](C(F)(F)F)CC2)cc2cc(C(=O)N[C@@H](CCO)c3ccc(S(=O)(=O)CC)cn3)ccc21. The van der Waals surface area contributed by atoms with E-state index < -0.39 is 28.0 Å². The Hall–Kier alpha value is -2.92. The van der Waals surface area contributed by atoms with Crippen molar-refractivity contribution in [2.45, 2.75) is 76.0 Å². The molecule has 0 aliphatic heterocycles. The predicted molar refractivity (Wildman–Crippen MR) is 147 cm³/mol. The van der Waals surface area contributed by atoms with Gasteiger partial charge in [-0.3, -0.25) is 9.78 Å². The number of aromatic nitrogens is 2. The van der Waals surface area contributed by atoms with Crippen LogP contribution in [0.5, 0.6) is 0 Å². The second kappa shape index (κ2) is 12.3. The number of carbonyl (C=O) groups excluding carboxylic acids is 1. The number of carbonyl (C=O) groups is 1. The zero-order valence-corrected chi connectivity index (χ0v) is 23.6. The number of fused-ring (bicyclic) bond motifs is 1. The first-order chi connectivity index (χ1) is 19.0. The number of sulfone groups is 1. The Morgan fingerprint density at radius 1 is 1.12 bits per heavy atom. The van der Waals surface area contributed by atoms with Gasteiger partial charge in [0.05, 0.1) is 28.3 Å². The number of nitrogens with zero attached hydrogens (tertiary/aromatic N) is 2. The summed E-state index contributed by atoms with van der Waals surface area (Å²) in [7, 11) is -3.41. The first-order valence-electron chi connectivity index (χ1n) is 13.8. The van der Waals surface area contributed by atoms with Gasteiger partial charge in [0.15, 0.2) is 9.84 Å². The molecule has 3 aromatic rings. The van der Waals surface area contributed by atoms with Crippen LogP contribution < -0.4 is 5.32 Å². The molecule has 1 amide bonds. The summed E-state index contributed by atoms with van der Waals surface area (Å²) in [4.78, 5) is 17.5. The van der Waals surface area contributed by atoms with Crippen molar-refractivity contribution in [3.63, 3.8) is 0 Å². The molecular weight excluding hydrogens is 543 g/mol. The topological polar surface area (TPSA) is 101 Å². The van der Waals surface area contributed by atoms with E-state index in [1.165, 1.54) is 12.3 Å². The van der Waals surface area contributed by atoms with Crippen molar-refractivity contribution in [3.05, 3.63) is 59.5 Å². The molecule has 1 aromatic carbocycles. The third-order valence-corrected chi connectivity index (χ3v) is 9.67. The summed E-state index contributed by atoms with van der Waals surface area (Å²) in [6.45, 7) is 4.08. The highest BCUT2D eigenvalue weighted by atomic mass is 32.2. The molecular formula is C29H36F3N3O4S. The average Bonchev–Trinajstić information content (AvgIpc) is 3.28. The Kier molecular flexibility index (Phi) is 9.24. The van der Waals surface area contributed by atoms with Crippen LogP contribution in [0.1, 0.15) is 73.7 Å². The van der Waals surface area contributed by atoms with E-state index in [1.807, 2.05) is 19.1 Å². The minimum atomic E-state index is -4.12. The number of aryl methyl sites for hydroxylation is 1. The van der Waals surface area contributed by atoms with Gasteiger partial charge in [-0.1, -0.05) is 6.92 Å². The summed E-state index contributed by atoms with van der Waals surface area (Å²) >= 11 is 0. The largest absolute Gasteiger partial charge is 0.396 e. The van der Waals surface area contributed by atoms with Crippen LogP contribution in [0.3, 0.4) is 0 Å². The van der Waals surface area contributed by atoms with Gasteiger partial charge in [0.1, 0.15) is 0 Å². The molecule has 7 nitrogen and oxygen atoms in total. The average molecular weight is 580 g/mol. The van der Waals surface area contributed by atoms with Crippen LogP contribution in [0.2, 0.25) is 0 Å². The maximum absolute atomic E-state index is 13.2. The van der Waals surface area contributed by atoms with Crippen LogP contribution in [0.4, 0.5) is 13.2 Å². The number of hydrogen-bond acceptors (Lipinski definition) is 5. The van der Waals surface area contributed by atoms with Crippen molar-refractivity contribution < 1.29 is 31.5 Å². The van der Waals surface area contributed by atoms with E-state index in [0.717, 1.165) is 16.6 Å². The van der Waals surface area contributed by atoms with Crippen LogP contribution >= 0.6 is 0 Å². The molecule has 0 bridgehead atoms. The smallest absolute Gasteiger partial charge is 0.391 e. The fourth-order valence-electron chi connectivity index (χ4n) is 5.61. The second-order valence-corrected chi connectivity index (χ2v) is 12.8. The number of alkyl halides is 3. The molecule has 1 aliphatic rings. The van der Waals surface area contributed by atoms with Gasteiger partial charge in [-0.25, -0.2) is 8.42 Å². The van der Waals surface area contributed by atoms with Crippen LogP contribution in [0, 0.1) is 11.8 Å². The summed E-state index contributed by atoms with van der Waals surface area (Å²) in [5.41, 5.74) is 2.87. The van der Waals surface area contributed by atoms with Gasteiger partial charge >= 0.3 is 6.18 Å². The maximum atomic E-state index is 13.2. The molecule has 1 atom stereocenters. The first-order valence-corrected chi connectivity index (χ1v) is 15.4. The fourth-order valence-corrected chi connectivity index (χ4v) is 6.44. The normalized spacial score (nSPS) is 19.1. The van der Waals surface area contributed by atoms with E-state index in [2.05, 4.69) is 14.9 Å². The predicted octanol–water partition coefficient (Wildman–Crippen LogP) is 5.61. The van der Waals surface area contributed by atoms with Crippen molar-refractivity contribution in [3.8, 4) is 0 Å². The number of halogens is 3. The third kappa shape index (κ3) is 6.68. The monoisotopic (exact) mass is 579 g/mol. The molecule has 2 N–H and O–H groups in total. The van der Waals surface area contributed by atoms with Gasteiger partial charge in [0.2, 0.25) is 0 Å². The minimum absolute atomic E-state index is 0.0477. The summed E-state index contributed by atoms with van der Waals surface area (Å²) in [6.07, 6.45) is -0.509. The molecule has 218 valence electrons. The zero-order chi connectivity index (χ0) is 29.1. The van der Waals surface area contributed by atoms with Crippen molar-refractivity contribution in [2.75, 3.05) is 12.4 Å². The number of benzene rings is 1. The number of rotatable bonds is 10. The lowest BCUT2D eigenvalue weighted by Gasteiger charge is -2.30. The molecule has 40 heavy (non-hydrogen) atoms. The van der Waals surface area contributed by atoms with Crippen LogP contribution in [0.25, 0.3) is 10.9 Å². The molecule has 0 saturated heterocycles. The summed E-state index contributed by atoms with van der Waals surface area (Å²) < 4.78 is 65.6. The number of nitrogens with one attached hydrogen (secondary N) is 1. The van der Waals surface area contributed by atoms with E-state index in [0.29, 0.717) is 37.1 Å². The lowest BCUT2D eigenvalue weighted by Crippen LogP contribution is -2.30. The Morgan fingerprint density at radius 2 is 1.85 bits per heavy atom. The lowest BCUT2D eigenvalue weighted by atomic mass is 9.79. The Bertz CT molecular complexity index is 1430. The molecule has 1 saturated carbocycles. The lowest BCUT2D eigenvalue weighted by molar-refractivity contribution is -0.183. The van der Waals surface area contributed by atoms with Gasteiger partial charge in [0, 0.05) is 41.5 Å². The standard InChI is InChI=1S/C29H36F3N3O4S/c1-3-35-23(15-19-5-8-22(9-6-19)29(30,31)32)17-21-16-20(7-12-27(21)35)28(37)34-26(13-14-36)25-11-10-24(18-33-25)40(38,39)4-2/h7,10-12,16-19,22,26,36H,3-6,8-9,13-15H2,1-2H3,(H,34,37)/t19-,22+,26-/m0/s1. The van der Waals surface area contributed by atoms with Gasteiger partial charge in [-0.2, -0.15) is 13.2 Å². The van der Waals surface area contributed by atoms with Crippen LogP contribution in [-0.2, 0) is 22.8 Å². The number of aliphatic hydroxyl groups excluding tert-OH is 1. The molecule has 1 fully saturated rings. The zero-order valence-electron chi connectivity index (χ0n) is 22.7. The van der Waals surface area contributed by atoms with Crippen molar-refractivity contribution in [1.82, 2.24) is 14.9 Å². The maximum Gasteiger partial charge on any atom is 0.391 e. The van der Waals surface area contributed by atoms with Gasteiger partial charge in [-0.15, -0.1) is 0 Å². The van der Waals surface area contributed by atoms with E-state index in [1.54, 1.807) is 25.1 Å². The Morgan fingerprint density at radius 3 is 2.42 bits per heavy atom. The number of amides is 1. The van der Waals surface area contributed by atoms with Crippen LogP contribution in [0.15, 0.2) is 47.5 Å². The van der Waals surface area contributed by atoms with E-state index in [9.17, 15) is 31.5 Å². The van der Waals surface area contributed by atoms with E-state index in [-0.39, 0.29) is 48.3 Å². The van der Waals surface area contributed by atoms with Crippen molar-refractivity contribution >= 4 is 26.6 Å². The highest BCUT2D eigenvalue weighted by Crippen LogP contribution is 2.40. The number of hydrogen-bond donors (Lipinski definition) is 2. The molecule has 11 heteroatoms. The molecule has 0 unspecified atom stereocenters. The molecule has 2 aromatic heterocycles. The highest BCUT2D eigenvalue weighted by molar-refractivity contribution is 7.91. The van der Waals surface area contributed by atoms with Gasteiger partial charge < -0.3 is 15.0 Å². The first kappa shape index (κ1) is 30.0.